The summed E-state index contributed by atoms with van der Waals surface area (Å²) in [5.41, 5.74) is 1.72. The van der Waals surface area contributed by atoms with E-state index in [4.69, 9.17) is 0 Å². The second kappa shape index (κ2) is 8.42. The van der Waals surface area contributed by atoms with E-state index in [1.807, 2.05) is 6.92 Å². The van der Waals surface area contributed by atoms with Crippen LogP contribution in [0.25, 0.3) is 11.4 Å². The average molecular weight is 442 g/mol. The molecule has 0 amide bonds. The Balaban J connectivity index is 1.57. The van der Waals surface area contributed by atoms with Crippen molar-refractivity contribution in [2.75, 3.05) is 17.2 Å². The summed E-state index contributed by atoms with van der Waals surface area (Å²) in [7, 11) is -3.45. The molecule has 1 aliphatic carbocycles. The highest BCUT2D eigenvalue weighted by molar-refractivity contribution is 7.90. The molecule has 4 rings (SSSR count). The van der Waals surface area contributed by atoms with E-state index in [0.29, 0.717) is 47.1 Å². The van der Waals surface area contributed by atoms with Gasteiger partial charge in [0.25, 0.3) is 10.0 Å². The van der Waals surface area contributed by atoms with E-state index in [0.717, 1.165) is 17.1 Å². The molecule has 0 unspecified atom stereocenters. The van der Waals surface area contributed by atoms with Crippen molar-refractivity contribution in [1.29, 1.82) is 0 Å². The van der Waals surface area contributed by atoms with Crippen molar-refractivity contribution in [3.8, 4) is 11.4 Å². The average Bonchev–Trinajstić information content (AvgIpc) is 3.49. The fraction of sp³-hybridized carbons (Fsp3) is 0.350. The Morgan fingerprint density at radius 3 is 2.74 bits per heavy atom. The Labute approximate surface area is 180 Å². The first-order valence-electron chi connectivity index (χ1n) is 10.0. The zero-order valence-electron chi connectivity index (χ0n) is 17.2. The third-order valence-corrected chi connectivity index (χ3v) is 6.82. The van der Waals surface area contributed by atoms with Crippen LogP contribution in [-0.4, -0.2) is 50.1 Å². The third-order valence-electron chi connectivity index (χ3n) is 4.79. The number of nitrogens with one attached hydrogen (secondary N) is 2. The van der Waals surface area contributed by atoms with Crippen molar-refractivity contribution in [2.45, 2.75) is 38.4 Å². The van der Waals surface area contributed by atoms with Crippen molar-refractivity contribution in [3.63, 3.8) is 0 Å². The van der Waals surface area contributed by atoms with Crippen molar-refractivity contribution in [1.82, 2.24) is 24.1 Å². The topological polar surface area (TPSA) is 132 Å². The molecule has 10 nitrogen and oxygen atoms in total. The standard InChI is InChI=1S/C20H23N7O3S/c1-3-7-21-17-9-19(23-11-16(17)13(2)28)25-18-6-8-22-20(26-18)14-10-24-27(12-14)31(29,30)15-4-5-15/h6,8-12,15H,3-5,7H2,1-2H3,(H2,21,22,23,25,26). The quantitative estimate of drug-likeness (QED) is 0.481. The highest BCUT2D eigenvalue weighted by atomic mass is 32.2. The molecular weight excluding hydrogens is 418 g/mol. The van der Waals surface area contributed by atoms with Crippen LogP contribution in [0, 0.1) is 0 Å². The Kier molecular flexibility index (Phi) is 5.68. The third kappa shape index (κ3) is 4.55. The normalized spacial score (nSPS) is 13.7. The van der Waals surface area contributed by atoms with Gasteiger partial charge in [-0.15, -0.1) is 0 Å². The predicted octanol–water partition coefficient (Wildman–Crippen LogP) is 2.84. The number of aromatic nitrogens is 5. The van der Waals surface area contributed by atoms with Crippen LogP contribution >= 0.6 is 0 Å². The lowest BCUT2D eigenvalue weighted by atomic mass is 10.1. The molecule has 0 radical (unpaired) electrons. The molecule has 3 aromatic rings. The lowest BCUT2D eigenvalue weighted by molar-refractivity contribution is 0.101. The minimum absolute atomic E-state index is 0.0693. The summed E-state index contributed by atoms with van der Waals surface area (Å²) in [5, 5.41) is 9.97. The number of pyridine rings is 1. The van der Waals surface area contributed by atoms with E-state index < -0.39 is 10.0 Å². The number of ketones is 1. The molecule has 1 saturated carbocycles. The largest absolute Gasteiger partial charge is 0.384 e. The Morgan fingerprint density at radius 1 is 1.23 bits per heavy atom. The monoisotopic (exact) mass is 441 g/mol. The highest BCUT2D eigenvalue weighted by Crippen LogP contribution is 2.30. The van der Waals surface area contributed by atoms with Gasteiger partial charge in [0, 0.05) is 25.0 Å². The van der Waals surface area contributed by atoms with E-state index in [1.54, 1.807) is 18.3 Å². The predicted molar refractivity (Wildman–Crippen MR) is 117 cm³/mol. The number of carbonyl (C=O) groups excluding carboxylic acids is 1. The summed E-state index contributed by atoms with van der Waals surface area (Å²) < 4.78 is 25.7. The summed E-state index contributed by atoms with van der Waals surface area (Å²) in [6.07, 6.45) is 8.21. The van der Waals surface area contributed by atoms with Gasteiger partial charge in [-0.3, -0.25) is 4.79 Å². The molecule has 3 heterocycles. The SMILES string of the molecule is CCCNc1cc(Nc2ccnc(-c3cnn(S(=O)(=O)C4CC4)c3)n2)ncc1C(C)=O. The first kappa shape index (κ1) is 20.9. The highest BCUT2D eigenvalue weighted by Gasteiger charge is 2.37. The van der Waals surface area contributed by atoms with Crippen LogP contribution in [0.5, 0.6) is 0 Å². The zero-order chi connectivity index (χ0) is 22.0. The van der Waals surface area contributed by atoms with Crippen LogP contribution in [-0.2, 0) is 10.0 Å². The molecule has 0 atom stereocenters. The van der Waals surface area contributed by atoms with E-state index in [1.165, 1.54) is 25.5 Å². The number of nitrogens with zero attached hydrogens (tertiary/aromatic N) is 5. The molecule has 0 spiro atoms. The fourth-order valence-corrected chi connectivity index (χ4v) is 4.46. The van der Waals surface area contributed by atoms with E-state index in [-0.39, 0.29) is 11.0 Å². The zero-order valence-corrected chi connectivity index (χ0v) is 18.1. The number of rotatable bonds is 9. The van der Waals surface area contributed by atoms with Crippen molar-refractivity contribution >= 4 is 33.1 Å². The maximum atomic E-state index is 12.3. The van der Waals surface area contributed by atoms with Gasteiger partial charge in [0.15, 0.2) is 11.6 Å². The molecule has 3 aromatic heterocycles. The summed E-state index contributed by atoms with van der Waals surface area (Å²) in [4.78, 5) is 24.8. The van der Waals surface area contributed by atoms with Gasteiger partial charge < -0.3 is 10.6 Å². The van der Waals surface area contributed by atoms with Crippen LogP contribution in [0.4, 0.5) is 17.3 Å². The number of hydrogen-bond acceptors (Lipinski definition) is 9. The van der Waals surface area contributed by atoms with Gasteiger partial charge in [-0.1, -0.05) is 6.92 Å². The van der Waals surface area contributed by atoms with Gasteiger partial charge >= 0.3 is 0 Å². The van der Waals surface area contributed by atoms with Crippen molar-refractivity contribution < 1.29 is 13.2 Å². The van der Waals surface area contributed by atoms with Crippen LogP contribution in [0.15, 0.2) is 36.9 Å². The molecule has 1 aliphatic rings. The lowest BCUT2D eigenvalue weighted by Gasteiger charge is -2.12. The Hall–Kier alpha value is -3.34. The molecule has 0 saturated heterocycles. The van der Waals surface area contributed by atoms with Crippen molar-refractivity contribution in [2.24, 2.45) is 0 Å². The van der Waals surface area contributed by atoms with Crippen LogP contribution in [0.3, 0.4) is 0 Å². The van der Waals surface area contributed by atoms with Gasteiger partial charge in [0.05, 0.1) is 34.5 Å². The Morgan fingerprint density at radius 2 is 2.03 bits per heavy atom. The van der Waals surface area contributed by atoms with Crippen LogP contribution in [0.2, 0.25) is 0 Å². The van der Waals surface area contributed by atoms with Crippen molar-refractivity contribution in [3.05, 3.63) is 42.5 Å². The molecule has 11 heteroatoms. The summed E-state index contributed by atoms with van der Waals surface area (Å²) in [6.45, 7) is 4.28. The van der Waals surface area contributed by atoms with Crippen LogP contribution < -0.4 is 10.6 Å². The smallest absolute Gasteiger partial charge is 0.256 e. The lowest BCUT2D eigenvalue weighted by Crippen LogP contribution is -2.17. The number of hydrogen-bond donors (Lipinski definition) is 2. The second-order valence-electron chi connectivity index (χ2n) is 7.33. The summed E-state index contributed by atoms with van der Waals surface area (Å²) in [5.74, 6) is 1.26. The first-order valence-corrected chi connectivity index (χ1v) is 11.5. The summed E-state index contributed by atoms with van der Waals surface area (Å²) >= 11 is 0. The minimum Gasteiger partial charge on any atom is -0.384 e. The molecular formula is C20H23N7O3S. The summed E-state index contributed by atoms with van der Waals surface area (Å²) in [6, 6.07) is 3.43. The van der Waals surface area contributed by atoms with E-state index in [2.05, 4.69) is 30.7 Å². The minimum atomic E-state index is -3.45. The van der Waals surface area contributed by atoms with E-state index in [9.17, 15) is 13.2 Å². The van der Waals surface area contributed by atoms with Gasteiger partial charge in [-0.05, 0) is 32.3 Å². The number of carbonyl (C=O) groups is 1. The molecule has 162 valence electrons. The second-order valence-corrected chi connectivity index (χ2v) is 9.41. The van der Waals surface area contributed by atoms with Crippen LogP contribution in [0.1, 0.15) is 43.5 Å². The first-order chi connectivity index (χ1) is 14.9. The number of Topliss-reactive ketones (excluding diaryl/α,β-unsaturated/α-hetero) is 1. The molecule has 0 bridgehead atoms. The molecule has 0 aliphatic heterocycles. The fourth-order valence-electron chi connectivity index (χ4n) is 2.99. The Bertz CT molecular complexity index is 1220. The molecule has 31 heavy (non-hydrogen) atoms. The number of anilines is 3. The molecule has 1 fully saturated rings. The maximum absolute atomic E-state index is 12.3. The molecule has 0 aromatic carbocycles. The van der Waals surface area contributed by atoms with Gasteiger partial charge in [-0.25, -0.2) is 23.4 Å². The molecule has 2 N–H and O–H groups in total. The maximum Gasteiger partial charge on any atom is 0.256 e. The van der Waals surface area contributed by atoms with E-state index >= 15 is 0 Å². The van der Waals surface area contributed by atoms with Gasteiger partial charge in [0.2, 0.25) is 0 Å². The van der Waals surface area contributed by atoms with Gasteiger partial charge in [0.1, 0.15) is 11.6 Å². The van der Waals surface area contributed by atoms with Gasteiger partial charge in [-0.2, -0.15) is 9.19 Å².